The molecule has 1 unspecified atom stereocenters. The largest absolute Gasteiger partial charge is 0.449 e. The van der Waals surface area contributed by atoms with Gasteiger partial charge in [-0.15, -0.1) is 0 Å². The van der Waals surface area contributed by atoms with Crippen molar-refractivity contribution in [1.82, 2.24) is 4.98 Å². The van der Waals surface area contributed by atoms with Crippen LogP contribution < -0.4 is 11.1 Å². The maximum absolute atomic E-state index is 12.1. The number of nitrogens with zero attached hydrogens (tertiary/aromatic N) is 1. The number of nitrogens with two attached hydrogens (primary N) is 1. The Labute approximate surface area is 152 Å². The van der Waals surface area contributed by atoms with Gasteiger partial charge >= 0.3 is 5.97 Å². The van der Waals surface area contributed by atoms with E-state index in [0.717, 1.165) is 0 Å². The van der Waals surface area contributed by atoms with Gasteiger partial charge in [-0.2, -0.15) is 0 Å². The number of carbonyl (C=O) groups is 2. The molecule has 0 spiro atoms. The number of anilines is 2. The first-order valence-electron chi connectivity index (χ1n) is 6.66. The number of nitrogen functional groups attached to an aromatic ring is 1. The number of hydrogen-bond donors (Lipinski definition) is 2. The molecule has 0 aliphatic carbocycles. The molecule has 126 valence electrons. The summed E-state index contributed by atoms with van der Waals surface area (Å²) in [7, 11) is 0. The molecule has 6 nitrogen and oxygen atoms in total. The summed E-state index contributed by atoms with van der Waals surface area (Å²) >= 11 is 17.4. The van der Waals surface area contributed by atoms with E-state index < -0.39 is 18.0 Å². The van der Waals surface area contributed by atoms with Crippen molar-refractivity contribution < 1.29 is 14.3 Å². The third kappa shape index (κ3) is 4.50. The van der Waals surface area contributed by atoms with Gasteiger partial charge in [-0.25, -0.2) is 9.78 Å². The van der Waals surface area contributed by atoms with Crippen LogP contribution in [0.25, 0.3) is 0 Å². The Morgan fingerprint density at radius 3 is 2.54 bits per heavy atom. The van der Waals surface area contributed by atoms with Crippen molar-refractivity contribution in [3.8, 4) is 0 Å². The minimum atomic E-state index is -1.10. The summed E-state index contributed by atoms with van der Waals surface area (Å²) in [6.45, 7) is 1.41. The lowest BCUT2D eigenvalue weighted by Crippen LogP contribution is -2.30. The van der Waals surface area contributed by atoms with E-state index in [0.29, 0.717) is 10.0 Å². The van der Waals surface area contributed by atoms with Crippen LogP contribution in [0.3, 0.4) is 0 Å². The molecule has 1 aromatic heterocycles. The highest BCUT2D eigenvalue weighted by molar-refractivity contribution is 6.36. The molecule has 1 heterocycles. The second-order valence-corrected chi connectivity index (χ2v) is 6.03. The van der Waals surface area contributed by atoms with Gasteiger partial charge in [0.1, 0.15) is 0 Å². The Balaban J connectivity index is 2.04. The van der Waals surface area contributed by atoms with Crippen molar-refractivity contribution in [1.29, 1.82) is 0 Å². The maximum atomic E-state index is 12.1. The summed E-state index contributed by atoms with van der Waals surface area (Å²) in [4.78, 5) is 28.0. The van der Waals surface area contributed by atoms with Gasteiger partial charge in [-0.3, -0.25) is 4.79 Å². The van der Waals surface area contributed by atoms with Crippen LogP contribution in [0.15, 0.2) is 30.5 Å². The van der Waals surface area contributed by atoms with Crippen molar-refractivity contribution in [2.45, 2.75) is 13.0 Å². The normalized spacial score (nSPS) is 11.7. The number of benzene rings is 1. The Hall–Kier alpha value is -2.02. The number of carbonyl (C=O) groups excluding carboxylic acids is 2. The van der Waals surface area contributed by atoms with Crippen LogP contribution in [0, 0.1) is 0 Å². The molecule has 2 rings (SSSR count). The molecule has 0 bridgehead atoms. The molecule has 24 heavy (non-hydrogen) atoms. The number of halogens is 3. The molecule has 0 saturated heterocycles. The van der Waals surface area contributed by atoms with Crippen molar-refractivity contribution >= 4 is 58.2 Å². The molecule has 3 N–H and O–H groups in total. The summed E-state index contributed by atoms with van der Waals surface area (Å²) in [6, 6.07) is 5.76. The van der Waals surface area contributed by atoms with E-state index in [2.05, 4.69) is 10.3 Å². The molecule has 0 radical (unpaired) electrons. The Kier molecular flexibility index (Phi) is 5.88. The average molecular weight is 389 g/mol. The van der Waals surface area contributed by atoms with Crippen molar-refractivity contribution in [2.24, 2.45) is 0 Å². The summed E-state index contributed by atoms with van der Waals surface area (Å²) < 4.78 is 5.08. The first-order valence-corrected chi connectivity index (χ1v) is 7.79. The van der Waals surface area contributed by atoms with E-state index in [9.17, 15) is 9.59 Å². The lowest BCUT2D eigenvalue weighted by molar-refractivity contribution is -0.123. The fraction of sp³-hybridized carbons (Fsp3) is 0.133. The number of esters is 1. The van der Waals surface area contributed by atoms with Gasteiger partial charge in [0.15, 0.2) is 11.9 Å². The summed E-state index contributed by atoms with van der Waals surface area (Å²) in [5.74, 6) is -1.24. The molecule has 0 fully saturated rings. The lowest BCUT2D eigenvalue weighted by Gasteiger charge is -2.14. The Morgan fingerprint density at radius 1 is 1.21 bits per heavy atom. The van der Waals surface area contributed by atoms with E-state index >= 15 is 0 Å². The van der Waals surface area contributed by atoms with Crippen molar-refractivity contribution in [3.63, 3.8) is 0 Å². The number of nitrogens with one attached hydrogen (secondary N) is 1. The number of hydrogen-bond acceptors (Lipinski definition) is 5. The first kappa shape index (κ1) is 18.3. The molecule has 2 aromatic rings. The average Bonchev–Trinajstić information content (AvgIpc) is 2.49. The maximum Gasteiger partial charge on any atom is 0.341 e. The highest BCUT2D eigenvalue weighted by atomic mass is 35.5. The summed E-state index contributed by atoms with van der Waals surface area (Å²) in [5.41, 5.74) is 5.97. The highest BCUT2D eigenvalue weighted by Gasteiger charge is 2.21. The van der Waals surface area contributed by atoms with Gasteiger partial charge in [0.2, 0.25) is 0 Å². The van der Waals surface area contributed by atoms with Crippen molar-refractivity contribution in [2.75, 3.05) is 11.1 Å². The molecular formula is C15H12Cl3N3O3. The van der Waals surface area contributed by atoms with E-state index in [-0.39, 0.29) is 22.1 Å². The quantitative estimate of drug-likeness (QED) is 0.613. The molecule has 0 aliphatic rings. The Bertz CT molecular complexity index is 799. The predicted molar refractivity (Wildman–Crippen MR) is 93.6 cm³/mol. The fourth-order valence-corrected chi connectivity index (χ4v) is 2.33. The molecular weight excluding hydrogens is 377 g/mol. The van der Waals surface area contributed by atoms with E-state index in [4.69, 9.17) is 45.3 Å². The first-order chi connectivity index (χ1) is 11.3. The zero-order chi connectivity index (χ0) is 17.9. The van der Waals surface area contributed by atoms with Gasteiger partial charge < -0.3 is 15.8 Å². The topological polar surface area (TPSA) is 94.3 Å². The standard InChI is InChI=1S/C15H12Cl3N3O3/c1-7(14(22)21-13-11(18)4-9(17)6-20-13)24-15(23)10-3-2-8(16)5-12(10)19/h2-7H,19H2,1H3,(H,20,21,22). The fourth-order valence-electron chi connectivity index (χ4n) is 1.72. The molecule has 1 amide bonds. The van der Waals surface area contributed by atoms with Crippen LogP contribution in [-0.4, -0.2) is 23.0 Å². The van der Waals surface area contributed by atoms with E-state index in [1.807, 2.05) is 0 Å². The SMILES string of the molecule is CC(OC(=O)c1ccc(Cl)cc1N)C(=O)Nc1ncc(Cl)cc1Cl. The molecule has 1 atom stereocenters. The highest BCUT2D eigenvalue weighted by Crippen LogP contribution is 2.23. The van der Waals surface area contributed by atoms with Gasteiger partial charge in [0, 0.05) is 16.9 Å². The van der Waals surface area contributed by atoms with Crippen LogP contribution in [-0.2, 0) is 9.53 Å². The minimum Gasteiger partial charge on any atom is -0.449 e. The van der Waals surface area contributed by atoms with Crippen LogP contribution in [0.1, 0.15) is 17.3 Å². The van der Waals surface area contributed by atoms with Gasteiger partial charge in [-0.1, -0.05) is 34.8 Å². The van der Waals surface area contributed by atoms with Gasteiger partial charge in [0.05, 0.1) is 15.6 Å². The van der Waals surface area contributed by atoms with E-state index in [1.165, 1.54) is 37.4 Å². The zero-order valence-electron chi connectivity index (χ0n) is 12.3. The van der Waals surface area contributed by atoms with Crippen LogP contribution in [0.5, 0.6) is 0 Å². The molecule has 0 saturated carbocycles. The second kappa shape index (κ2) is 7.70. The zero-order valence-corrected chi connectivity index (χ0v) is 14.6. The summed E-state index contributed by atoms with van der Waals surface area (Å²) in [6.07, 6.45) is 0.231. The van der Waals surface area contributed by atoms with E-state index in [1.54, 1.807) is 0 Å². The van der Waals surface area contributed by atoms with Gasteiger partial charge in [-0.05, 0) is 31.2 Å². The van der Waals surface area contributed by atoms with Crippen LogP contribution >= 0.6 is 34.8 Å². The summed E-state index contributed by atoms with van der Waals surface area (Å²) in [5, 5.41) is 3.33. The van der Waals surface area contributed by atoms with Crippen LogP contribution in [0.4, 0.5) is 11.5 Å². The molecule has 0 aliphatic heterocycles. The smallest absolute Gasteiger partial charge is 0.341 e. The number of ether oxygens (including phenoxy) is 1. The van der Waals surface area contributed by atoms with Crippen molar-refractivity contribution in [3.05, 3.63) is 51.1 Å². The number of pyridine rings is 1. The lowest BCUT2D eigenvalue weighted by atomic mass is 10.2. The number of amides is 1. The minimum absolute atomic E-state index is 0.111. The third-order valence-electron chi connectivity index (χ3n) is 2.94. The monoisotopic (exact) mass is 387 g/mol. The Morgan fingerprint density at radius 2 is 1.92 bits per heavy atom. The number of rotatable bonds is 4. The molecule has 9 heteroatoms. The second-order valence-electron chi connectivity index (χ2n) is 4.75. The van der Waals surface area contributed by atoms with Gasteiger partial charge in [0.25, 0.3) is 5.91 Å². The molecule has 1 aromatic carbocycles. The van der Waals surface area contributed by atoms with Crippen LogP contribution in [0.2, 0.25) is 15.1 Å². The number of aromatic nitrogens is 1. The predicted octanol–water partition coefficient (Wildman–Crippen LogP) is 3.81. The third-order valence-corrected chi connectivity index (χ3v) is 3.67.